The van der Waals surface area contributed by atoms with Crippen LogP contribution in [0, 0.1) is 5.82 Å². The van der Waals surface area contributed by atoms with Gasteiger partial charge in [0.15, 0.2) is 16.6 Å². The number of fused-ring (bicyclic) bond motifs is 1. The van der Waals surface area contributed by atoms with Gasteiger partial charge in [0.05, 0.1) is 25.3 Å². The Labute approximate surface area is 227 Å². The van der Waals surface area contributed by atoms with Gasteiger partial charge in [0.25, 0.3) is 0 Å². The Morgan fingerprint density at radius 3 is 2.87 bits per heavy atom. The third-order valence-corrected chi connectivity index (χ3v) is 6.73. The highest BCUT2D eigenvalue weighted by atomic mass is 32.1. The molecule has 1 aromatic heterocycles. The number of nitrogens with one attached hydrogen (secondary N) is 2. The number of nitrogens with zero attached hydrogens (tertiary/aromatic N) is 4. The van der Waals surface area contributed by atoms with Gasteiger partial charge in [-0.15, -0.1) is 11.3 Å². The number of rotatable bonds is 11. The van der Waals surface area contributed by atoms with E-state index in [2.05, 4.69) is 25.6 Å². The standard InChI is InChI=1S/C26H27FN6O5S/c1-3-36-24(35)18-5-4-17(13-20(18)27)38-22-14-19-16(12-21(22)37-10-8-31-33-28)6-7-30-26(19,2)15-23(34)32-25-29-9-11-39-25/h4-5,9,11-14,30H,3,6-8,10,15H2,1-2H3,(H,29,32,34)/t26-/m1/s1. The molecule has 2 heterocycles. The third kappa shape index (κ3) is 6.82. The fourth-order valence-electron chi connectivity index (χ4n) is 4.31. The molecular formula is C26H27FN6O5S. The van der Waals surface area contributed by atoms with Gasteiger partial charge in [0, 0.05) is 41.1 Å². The Balaban J connectivity index is 1.65. The molecule has 1 aliphatic heterocycles. The van der Waals surface area contributed by atoms with E-state index in [1.807, 2.05) is 13.0 Å². The molecule has 13 heteroatoms. The number of anilines is 1. The van der Waals surface area contributed by atoms with Crippen LogP contribution < -0.4 is 20.1 Å². The van der Waals surface area contributed by atoms with E-state index in [0.717, 1.165) is 17.2 Å². The minimum absolute atomic E-state index is 0.0983. The van der Waals surface area contributed by atoms with Gasteiger partial charge in [-0.3, -0.25) is 4.79 Å². The van der Waals surface area contributed by atoms with Crippen LogP contribution >= 0.6 is 11.3 Å². The molecule has 0 saturated carbocycles. The molecular weight excluding hydrogens is 527 g/mol. The van der Waals surface area contributed by atoms with Crippen molar-refractivity contribution in [3.05, 3.63) is 74.9 Å². The van der Waals surface area contributed by atoms with Gasteiger partial charge < -0.3 is 24.8 Å². The van der Waals surface area contributed by atoms with E-state index in [0.29, 0.717) is 23.8 Å². The number of benzene rings is 2. The Morgan fingerprint density at radius 1 is 1.31 bits per heavy atom. The first-order chi connectivity index (χ1) is 18.8. The van der Waals surface area contributed by atoms with E-state index in [4.69, 9.17) is 19.7 Å². The second-order valence-corrected chi connectivity index (χ2v) is 9.69. The zero-order valence-electron chi connectivity index (χ0n) is 21.4. The van der Waals surface area contributed by atoms with Crippen LogP contribution in [0.25, 0.3) is 10.4 Å². The molecule has 4 rings (SSSR count). The van der Waals surface area contributed by atoms with E-state index < -0.39 is 17.3 Å². The second kappa shape index (κ2) is 12.6. The topological polar surface area (TPSA) is 148 Å². The van der Waals surface area contributed by atoms with Crippen molar-refractivity contribution in [2.24, 2.45) is 5.11 Å². The molecule has 0 saturated heterocycles. The van der Waals surface area contributed by atoms with Crippen LogP contribution in [0.1, 0.15) is 41.8 Å². The summed E-state index contributed by atoms with van der Waals surface area (Å²) in [5.41, 5.74) is 9.40. The molecule has 3 aromatic rings. The molecule has 1 amide bonds. The first-order valence-electron chi connectivity index (χ1n) is 12.2. The zero-order valence-corrected chi connectivity index (χ0v) is 22.2. The van der Waals surface area contributed by atoms with Crippen LogP contribution in [0.4, 0.5) is 9.52 Å². The predicted octanol–water partition coefficient (Wildman–Crippen LogP) is 5.33. The molecule has 0 spiro atoms. The van der Waals surface area contributed by atoms with Crippen molar-refractivity contribution in [3.63, 3.8) is 0 Å². The molecule has 0 radical (unpaired) electrons. The Hall–Kier alpha value is -4.19. The Bertz CT molecular complexity index is 1400. The van der Waals surface area contributed by atoms with Gasteiger partial charge in [0.2, 0.25) is 5.91 Å². The fraction of sp³-hybridized carbons (Fsp3) is 0.346. The lowest BCUT2D eigenvalue weighted by Gasteiger charge is -2.37. The quantitative estimate of drug-likeness (QED) is 0.107. The molecule has 39 heavy (non-hydrogen) atoms. The summed E-state index contributed by atoms with van der Waals surface area (Å²) < 4.78 is 31.5. The van der Waals surface area contributed by atoms with Crippen molar-refractivity contribution in [2.75, 3.05) is 31.6 Å². The SMILES string of the molecule is CCOC(=O)c1ccc(Oc2cc3c(cc2OCCN=[N+]=[N-])CCN[C@]3(C)CC(=O)Nc2nccs2)cc1F. The summed E-state index contributed by atoms with van der Waals surface area (Å²) in [6.45, 7) is 4.52. The summed E-state index contributed by atoms with van der Waals surface area (Å²) in [5, 5.41) is 12.0. The molecule has 1 atom stereocenters. The van der Waals surface area contributed by atoms with Crippen molar-refractivity contribution in [3.8, 4) is 17.2 Å². The summed E-state index contributed by atoms with van der Waals surface area (Å²) >= 11 is 1.33. The number of hydrogen-bond donors (Lipinski definition) is 2. The smallest absolute Gasteiger partial charge is 0.341 e. The van der Waals surface area contributed by atoms with Gasteiger partial charge in [-0.2, -0.15) is 0 Å². The molecule has 11 nitrogen and oxygen atoms in total. The number of azide groups is 1. The molecule has 0 fully saturated rings. The molecule has 2 N–H and O–H groups in total. The Kier molecular flexibility index (Phi) is 8.97. The fourth-order valence-corrected chi connectivity index (χ4v) is 4.86. The van der Waals surface area contributed by atoms with Crippen LogP contribution in [0.5, 0.6) is 17.2 Å². The maximum absolute atomic E-state index is 14.7. The van der Waals surface area contributed by atoms with Crippen molar-refractivity contribution < 1.29 is 28.2 Å². The monoisotopic (exact) mass is 554 g/mol. The number of ether oxygens (including phenoxy) is 3. The maximum Gasteiger partial charge on any atom is 0.341 e. The first-order valence-corrected chi connectivity index (χ1v) is 13.1. The number of carbonyl (C=O) groups is 2. The largest absolute Gasteiger partial charge is 0.490 e. The molecule has 204 valence electrons. The molecule has 0 bridgehead atoms. The number of hydrogen-bond acceptors (Lipinski definition) is 9. The lowest BCUT2D eigenvalue weighted by atomic mass is 9.81. The minimum atomic E-state index is -0.792. The van der Waals surface area contributed by atoms with Crippen molar-refractivity contribution >= 4 is 28.3 Å². The number of halogens is 1. The average Bonchev–Trinajstić information content (AvgIpc) is 3.40. The van der Waals surface area contributed by atoms with Crippen LogP contribution in [0.15, 0.2) is 47.0 Å². The third-order valence-electron chi connectivity index (χ3n) is 6.04. The second-order valence-electron chi connectivity index (χ2n) is 8.79. The minimum Gasteiger partial charge on any atom is -0.490 e. The molecule has 1 aliphatic rings. The van der Waals surface area contributed by atoms with Crippen molar-refractivity contribution in [2.45, 2.75) is 32.2 Å². The van der Waals surface area contributed by atoms with Gasteiger partial charge in [-0.25, -0.2) is 14.2 Å². The number of thiazole rings is 1. The Morgan fingerprint density at radius 2 is 2.15 bits per heavy atom. The van der Waals surface area contributed by atoms with Crippen LogP contribution in [0.2, 0.25) is 0 Å². The van der Waals surface area contributed by atoms with Crippen LogP contribution in [-0.4, -0.2) is 43.2 Å². The van der Waals surface area contributed by atoms with Crippen LogP contribution in [-0.2, 0) is 21.5 Å². The van der Waals surface area contributed by atoms with Gasteiger partial charge >= 0.3 is 5.97 Å². The number of amides is 1. The van der Waals surface area contributed by atoms with Crippen molar-refractivity contribution in [1.82, 2.24) is 10.3 Å². The van der Waals surface area contributed by atoms with Gasteiger partial charge in [0.1, 0.15) is 11.6 Å². The summed E-state index contributed by atoms with van der Waals surface area (Å²) in [7, 11) is 0. The summed E-state index contributed by atoms with van der Waals surface area (Å²) in [6.07, 6.45) is 2.42. The van der Waals surface area contributed by atoms with E-state index >= 15 is 0 Å². The summed E-state index contributed by atoms with van der Waals surface area (Å²) in [6, 6.07) is 7.42. The van der Waals surface area contributed by atoms with E-state index in [1.165, 1.54) is 23.5 Å². The molecule has 0 aliphatic carbocycles. The van der Waals surface area contributed by atoms with E-state index in [9.17, 15) is 14.0 Å². The summed E-state index contributed by atoms with van der Waals surface area (Å²) in [4.78, 5) is 31.7. The first kappa shape index (κ1) is 27.8. The van der Waals surface area contributed by atoms with E-state index in [1.54, 1.807) is 24.6 Å². The number of aromatic nitrogens is 1. The normalized spacial score (nSPS) is 16.0. The van der Waals surface area contributed by atoms with Gasteiger partial charge in [-0.05, 0) is 61.2 Å². The molecule has 2 aromatic carbocycles. The summed E-state index contributed by atoms with van der Waals surface area (Å²) in [5.74, 6) is -0.995. The highest BCUT2D eigenvalue weighted by molar-refractivity contribution is 7.13. The lowest BCUT2D eigenvalue weighted by molar-refractivity contribution is -0.117. The lowest BCUT2D eigenvalue weighted by Crippen LogP contribution is -2.47. The molecule has 0 unspecified atom stereocenters. The maximum atomic E-state index is 14.7. The highest BCUT2D eigenvalue weighted by Gasteiger charge is 2.35. The average molecular weight is 555 g/mol. The zero-order chi connectivity index (χ0) is 27.8. The van der Waals surface area contributed by atoms with E-state index in [-0.39, 0.29) is 49.1 Å². The van der Waals surface area contributed by atoms with Gasteiger partial charge in [-0.1, -0.05) is 5.11 Å². The van der Waals surface area contributed by atoms with Crippen molar-refractivity contribution in [1.29, 1.82) is 0 Å². The van der Waals surface area contributed by atoms with Crippen LogP contribution in [0.3, 0.4) is 0 Å². The highest BCUT2D eigenvalue weighted by Crippen LogP contribution is 2.41. The predicted molar refractivity (Wildman–Crippen MR) is 143 cm³/mol. The number of carbonyl (C=O) groups excluding carboxylic acids is 2. The number of esters is 1.